The minimum absolute atomic E-state index is 0.136. The Morgan fingerprint density at radius 3 is 2.53 bits per heavy atom. The van der Waals surface area contributed by atoms with E-state index in [2.05, 4.69) is 5.32 Å². The second kappa shape index (κ2) is 4.53. The number of hydrogen-bond acceptors (Lipinski definition) is 3. The van der Waals surface area contributed by atoms with Crippen LogP contribution in [0.2, 0.25) is 0 Å². The molecule has 0 fully saturated rings. The van der Waals surface area contributed by atoms with Crippen molar-refractivity contribution in [3.05, 3.63) is 59.8 Å². The smallest absolute Gasteiger partial charge is 0.255 e. The number of carbonyl (C=O) groups is 1. The Morgan fingerprint density at radius 2 is 1.94 bits per heavy atom. The van der Waals surface area contributed by atoms with E-state index in [1.54, 1.807) is 24.3 Å². The van der Waals surface area contributed by atoms with Crippen molar-refractivity contribution >= 4 is 5.91 Å². The summed E-state index contributed by atoms with van der Waals surface area (Å²) in [6, 6.07) is 9.04. The first-order valence-electron chi connectivity index (χ1n) is 5.40. The summed E-state index contributed by atoms with van der Waals surface area (Å²) in [6.45, 7) is 0. The number of hydrogen-bond donors (Lipinski definition) is 3. The summed E-state index contributed by atoms with van der Waals surface area (Å²) in [4.78, 5) is 11.8. The van der Waals surface area contributed by atoms with E-state index in [9.17, 15) is 4.79 Å². The number of rotatable bonds is 2. The molecule has 0 spiro atoms. The highest BCUT2D eigenvalue weighted by molar-refractivity contribution is 5.95. The van der Waals surface area contributed by atoms with Crippen molar-refractivity contribution in [3.8, 4) is 0 Å². The Labute approximate surface area is 100.0 Å². The third-order valence-corrected chi connectivity index (χ3v) is 2.54. The fourth-order valence-corrected chi connectivity index (χ4v) is 1.55. The van der Waals surface area contributed by atoms with E-state index in [0.717, 1.165) is 5.70 Å². The van der Waals surface area contributed by atoms with Crippen molar-refractivity contribution in [2.45, 2.75) is 12.1 Å². The first kappa shape index (κ1) is 11.6. The van der Waals surface area contributed by atoms with Crippen LogP contribution in [0.15, 0.2) is 54.3 Å². The minimum atomic E-state index is -0.805. The maximum atomic E-state index is 11.8. The lowest BCUT2D eigenvalue weighted by atomic mass is 10.0. The van der Waals surface area contributed by atoms with E-state index in [1.807, 2.05) is 24.3 Å². The number of nitrogens with one attached hydrogen (secondary N) is 1. The Hall–Kier alpha value is -1.91. The molecule has 1 amide bonds. The van der Waals surface area contributed by atoms with Gasteiger partial charge >= 0.3 is 0 Å². The number of allylic oxidation sites excluding steroid dienone is 1. The van der Waals surface area contributed by atoms with Crippen LogP contribution in [-0.2, 0) is 0 Å². The average molecular weight is 229 g/mol. The first-order chi connectivity index (χ1) is 8.07. The Balaban J connectivity index is 2.02. The lowest BCUT2D eigenvalue weighted by molar-refractivity contribution is 0.0966. The van der Waals surface area contributed by atoms with Gasteiger partial charge in [-0.2, -0.15) is 0 Å². The molecular weight excluding hydrogens is 214 g/mol. The van der Waals surface area contributed by atoms with Crippen molar-refractivity contribution in [1.82, 2.24) is 5.32 Å². The second-order valence-corrected chi connectivity index (χ2v) is 4.13. The van der Waals surface area contributed by atoms with Crippen molar-refractivity contribution in [3.63, 3.8) is 0 Å². The van der Waals surface area contributed by atoms with Crippen molar-refractivity contribution in [2.75, 3.05) is 0 Å². The Bertz CT molecular complexity index is 475. The fourth-order valence-electron chi connectivity index (χ4n) is 1.55. The van der Waals surface area contributed by atoms with Gasteiger partial charge in [0, 0.05) is 17.7 Å². The van der Waals surface area contributed by atoms with Crippen molar-refractivity contribution in [2.24, 2.45) is 11.5 Å². The van der Waals surface area contributed by atoms with Gasteiger partial charge in [-0.3, -0.25) is 4.79 Å². The monoisotopic (exact) mass is 229 g/mol. The molecule has 4 heteroatoms. The van der Waals surface area contributed by atoms with Gasteiger partial charge in [0.2, 0.25) is 0 Å². The van der Waals surface area contributed by atoms with Crippen LogP contribution in [0, 0.1) is 0 Å². The normalized spacial score (nSPS) is 17.4. The molecule has 1 aliphatic rings. The SMILES string of the molecule is NC1(N)C=CC(NC(=O)c2ccccc2)=CC1. The van der Waals surface area contributed by atoms with Crippen LogP contribution in [0.5, 0.6) is 0 Å². The lowest BCUT2D eigenvalue weighted by Crippen LogP contribution is -2.48. The standard InChI is InChI=1S/C13H15N3O/c14-13(15)8-6-11(7-9-13)16-12(17)10-4-2-1-3-5-10/h1-8H,9,14-15H2,(H,16,17). The van der Waals surface area contributed by atoms with Crippen LogP contribution in [0.25, 0.3) is 0 Å². The quantitative estimate of drug-likeness (QED) is 0.658. The molecule has 0 saturated heterocycles. The maximum Gasteiger partial charge on any atom is 0.255 e. The van der Waals surface area contributed by atoms with Crippen LogP contribution in [0.3, 0.4) is 0 Å². The van der Waals surface area contributed by atoms with Crippen LogP contribution in [-0.4, -0.2) is 11.6 Å². The average Bonchev–Trinajstić information content (AvgIpc) is 2.33. The summed E-state index contributed by atoms with van der Waals surface area (Å²) < 4.78 is 0. The number of nitrogens with two attached hydrogens (primary N) is 2. The molecule has 1 aromatic carbocycles. The molecule has 1 aromatic rings. The van der Waals surface area contributed by atoms with Crippen LogP contribution >= 0.6 is 0 Å². The molecular formula is C13H15N3O. The van der Waals surface area contributed by atoms with E-state index in [0.29, 0.717) is 12.0 Å². The molecule has 1 aliphatic carbocycles. The van der Waals surface area contributed by atoms with Gasteiger partial charge < -0.3 is 16.8 Å². The molecule has 88 valence electrons. The summed E-state index contributed by atoms with van der Waals surface area (Å²) in [5.41, 5.74) is 12.0. The predicted molar refractivity (Wildman–Crippen MR) is 66.9 cm³/mol. The summed E-state index contributed by atoms with van der Waals surface area (Å²) in [6.07, 6.45) is 5.74. The van der Waals surface area contributed by atoms with E-state index in [-0.39, 0.29) is 5.91 Å². The van der Waals surface area contributed by atoms with Crippen LogP contribution < -0.4 is 16.8 Å². The number of benzene rings is 1. The molecule has 0 radical (unpaired) electrons. The number of amides is 1. The van der Waals surface area contributed by atoms with Gasteiger partial charge in [0.05, 0.1) is 5.66 Å². The highest BCUT2D eigenvalue weighted by atomic mass is 16.1. The van der Waals surface area contributed by atoms with Gasteiger partial charge in [0.15, 0.2) is 0 Å². The molecule has 0 aliphatic heterocycles. The highest BCUT2D eigenvalue weighted by Gasteiger charge is 2.17. The molecule has 0 atom stereocenters. The van der Waals surface area contributed by atoms with Gasteiger partial charge in [-0.25, -0.2) is 0 Å². The largest absolute Gasteiger partial charge is 0.322 e. The van der Waals surface area contributed by atoms with E-state index in [1.165, 1.54) is 0 Å². The van der Waals surface area contributed by atoms with Gasteiger partial charge in [-0.1, -0.05) is 24.3 Å². The zero-order valence-electron chi connectivity index (χ0n) is 9.39. The predicted octanol–water partition coefficient (Wildman–Crippen LogP) is 0.874. The summed E-state index contributed by atoms with van der Waals surface area (Å²) in [7, 11) is 0. The van der Waals surface area contributed by atoms with E-state index < -0.39 is 5.66 Å². The minimum Gasteiger partial charge on any atom is -0.322 e. The molecule has 0 saturated carbocycles. The molecule has 4 nitrogen and oxygen atoms in total. The second-order valence-electron chi connectivity index (χ2n) is 4.13. The molecule has 0 aromatic heterocycles. The molecule has 5 N–H and O–H groups in total. The maximum absolute atomic E-state index is 11.8. The third kappa shape index (κ3) is 3.03. The highest BCUT2D eigenvalue weighted by Crippen LogP contribution is 2.12. The third-order valence-electron chi connectivity index (χ3n) is 2.54. The van der Waals surface area contributed by atoms with Crippen molar-refractivity contribution < 1.29 is 4.79 Å². The molecule has 2 rings (SSSR count). The molecule has 17 heavy (non-hydrogen) atoms. The zero-order valence-corrected chi connectivity index (χ0v) is 9.39. The first-order valence-corrected chi connectivity index (χ1v) is 5.40. The summed E-state index contributed by atoms with van der Waals surface area (Å²) in [5.74, 6) is -0.136. The van der Waals surface area contributed by atoms with Crippen LogP contribution in [0.4, 0.5) is 0 Å². The Morgan fingerprint density at radius 1 is 1.24 bits per heavy atom. The van der Waals surface area contributed by atoms with E-state index >= 15 is 0 Å². The molecule has 0 heterocycles. The fraction of sp³-hybridized carbons (Fsp3) is 0.154. The van der Waals surface area contributed by atoms with Crippen molar-refractivity contribution in [1.29, 1.82) is 0 Å². The lowest BCUT2D eigenvalue weighted by Gasteiger charge is -2.22. The van der Waals surface area contributed by atoms with Gasteiger partial charge in [0.1, 0.15) is 0 Å². The zero-order chi connectivity index (χ0) is 12.3. The van der Waals surface area contributed by atoms with E-state index in [4.69, 9.17) is 11.5 Å². The summed E-state index contributed by atoms with van der Waals surface area (Å²) >= 11 is 0. The van der Waals surface area contributed by atoms with Gasteiger partial charge in [0.25, 0.3) is 5.91 Å². The van der Waals surface area contributed by atoms with Gasteiger partial charge in [-0.15, -0.1) is 0 Å². The Kier molecular flexibility index (Phi) is 3.08. The topological polar surface area (TPSA) is 81.1 Å². The molecule has 0 unspecified atom stereocenters. The van der Waals surface area contributed by atoms with Crippen LogP contribution in [0.1, 0.15) is 16.8 Å². The number of carbonyl (C=O) groups excluding carboxylic acids is 1. The van der Waals surface area contributed by atoms with Gasteiger partial charge in [-0.05, 0) is 24.3 Å². The summed E-state index contributed by atoms with van der Waals surface area (Å²) in [5, 5.41) is 2.80. The molecule has 0 bridgehead atoms.